The highest BCUT2D eigenvalue weighted by molar-refractivity contribution is 4.80. The summed E-state index contributed by atoms with van der Waals surface area (Å²) in [6, 6.07) is 0.523. The van der Waals surface area contributed by atoms with Crippen LogP contribution in [0.4, 0.5) is 0 Å². The average Bonchev–Trinajstić information content (AvgIpc) is 2.23. The lowest BCUT2D eigenvalue weighted by Gasteiger charge is -2.34. The van der Waals surface area contributed by atoms with Gasteiger partial charge in [0.25, 0.3) is 0 Å². The summed E-state index contributed by atoms with van der Waals surface area (Å²) in [4.78, 5) is 2.34. The standard InChI is InChI=1S/C12H28N2O/c1-5-7-8-14(11(3)6-2)10-12(4,15)9-13/h11,15H,5-10,13H2,1-4H3. The largest absolute Gasteiger partial charge is 0.388 e. The van der Waals surface area contributed by atoms with Crippen LogP contribution in [-0.2, 0) is 0 Å². The van der Waals surface area contributed by atoms with Gasteiger partial charge in [0.2, 0.25) is 0 Å². The Balaban J connectivity index is 4.23. The van der Waals surface area contributed by atoms with E-state index in [9.17, 15) is 5.11 Å². The molecule has 0 saturated heterocycles. The molecule has 0 heterocycles. The Bertz CT molecular complexity index is 160. The van der Waals surface area contributed by atoms with Crippen LogP contribution >= 0.6 is 0 Å². The van der Waals surface area contributed by atoms with Crippen LogP contribution in [0.2, 0.25) is 0 Å². The van der Waals surface area contributed by atoms with Gasteiger partial charge in [0.05, 0.1) is 5.60 Å². The Labute approximate surface area is 94.6 Å². The second kappa shape index (κ2) is 7.20. The summed E-state index contributed by atoms with van der Waals surface area (Å²) >= 11 is 0. The molecule has 0 aliphatic rings. The van der Waals surface area contributed by atoms with E-state index in [0.29, 0.717) is 19.1 Å². The Kier molecular flexibility index (Phi) is 7.14. The van der Waals surface area contributed by atoms with Crippen LogP contribution in [0.25, 0.3) is 0 Å². The Morgan fingerprint density at radius 3 is 2.40 bits per heavy atom. The van der Waals surface area contributed by atoms with Gasteiger partial charge in [-0.1, -0.05) is 20.3 Å². The second-order valence-corrected chi connectivity index (χ2v) is 4.78. The topological polar surface area (TPSA) is 49.5 Å². The molecule has 0 aromatic rings. The number of hydrogen-bond donors (Lipinski definition) is 2. The van der Waals surface area contributed by atoms with Crippen molar-refractivity contribution in [3.63, 3.8) is 0 Å². The predicted molar refractivity (Wildman–Crippen MR) is 65.9 cm³/mol. The molecule has 0 spiro atoms. The highest BCUT2D eigenvalue weighted by atomic mass is 16.3. The predicted octanol–water partition coefficient (Wildman–Crippen LogP) is 1.60. The fraction of sp³-hybridized carbons (Fsp3) is 1.00. The first-order valence-electron chi connectivity index (χ1n) is 6.13. The minimum Gasteiger partial charge on any atom is -0.388 e. The zero-order valence-corrected chi connectivity index (χ0v) is 10.8. The third-order valence-corrected chi connectivity index (χ3v) is 3.00. The first-order chi connectivity index (χ1) is 6.96. The molecule has 3 heteroatoms. The van der Waals surface area contributed by atoms with Crippen molar-refractivity contribution in [1.82, 2.24) is 4.90 Å². The number of aliphatic hydroxyl groups is 1. The Morgan fingerprint density at radius 1 is 1.40 bits per heavy atom. The van der Waals surface area contributed by atoms with Gasteiger partial charge in [-0.05, 0) is 33.2 Å². The first kappa shape index (κ1) is 14.9. The van der Waals surface area contributed by atoms with Crippen molar-refractivity contribution in [2.75, 3.05) is 19.6 Å². The van der Waals surface area contributed by atoms with Gasteiger partial charge in [-0.15, -0.1) is 0 Å². The van der Waals surface area contributed by atoms with E-state index in [1.54, 1.807) is 0 Å². The van der Waals surface area contributed by atoms with Gasteiger partial charge in [-0.25, -0.2) is 0 Å². The number of unbranched alkanes of at least 4 members (excludes halogenated alkanes) is 1. The summed E-state index contributed by atoms with van der Waals surface area (Å²) in [6.45, 7) is 10.5. The molecule has 3 nitrogen and oxygen atoms in total. The van der Waals surface area contributed by atoms with Gasteiger partial charge in [0, 0.05) is 19.1 Å². The molecule has 0 aromatic heterocycles. The van der Waals surface area contributed by atoms with E-state index < -0.39 is 5.60 Å². The van der Waals surface area contributed by atoms with Crippen molar-refractivity contribution in [3.05, 3.63) is 0 Å². The Hall–Kier alpha value is -0.120. The molecule has 15 heavy (non-hydrogen) atoms. The molecule has 0 saturated carbocycles. The summed E-state index contributed by atoms with van der Waals surface area (Å²) in [5.74, 6) is 0. The number of hydrogen-bond acceptors (Lipinski definition) is 3. The van der Waals surface area contributed by atoms with Gasteiger partial charge in [-0.2, -0.15) is 0 Å². The van der Waals surface area contributed by atoms with E-state index in [-0.39, 0.29) is 0 Å². The van der Waals surface area contributed by atoms with Crippen molar-refractivity contribution >= 4 is 0 Å². The highest BCUT2D eigenvalue weighted by Crippen LogP contribution is 2.11. The molecule has 92 valence electrons. The minimum atomic E-state index is -0.753. The molecular formula is C12H28N2O. The summed E-state index contributed by atoms with van der Waals surface area (Å²) in [7, 11) is 0. The number of rotatable bonds is 8. The fourth-order valence-electron chi connectivity index (χ4n) is 1.58. The number of nitrogens with zero attached hydrogens (tertiary/aromatic N) is 1. The number of nitrogens with two attached hydrogens (primary N) is 1. The van der Waals surface area contributed by atoms with E-state index in [1.165, 1.54) is 12.8 Å². The molecule has 0 bridgehead atoms. The van der Waals surface area contributed by atoms with Crippen molar-refractivity contribution in [3.8, 4) is 0 Å². The fourth-order valence-corrected chi connectivity index (χ4v) is 1.58. The average molecular weight is 216 g/mol. The monoisotopic (exact) mass is 216 g/mol. The maximum absolute atomic E-state index is 9.97. The van der Waals surface area contributed by atoms with Crippen LogP contribution in [0, 0.1) is 0 Å². The summed E-state index contributed by atoms with van der Waals surface area (Å²) in [6.07, 6.45) is 3.49. The lowest BCUT2D eigenvalue weighted by molar-refractivity contribution is 0.0141. The summed E-state index contributed by atoms with van der Waals surface area (Å²) in [5.41, 5.74) is 4.80. The third kappa shape index (κ3) is 6.13. The molecule has 2 atom stereocenters. The molecule has 0 radical (unpaired) electrons. The Morgan fingerprint density at radius 2 is 2.00 bits per heavy atom. The van der Waals surface area contributed by atoms with Crippen LogP contribution < -0.4 is 5.73 Å². The van der Waals surface area contributed by atoms with Crippen molar-refractivity contribution in [2.24, 2.45) is 5.73 Å². The molecule has 0 aliphatic heterocycles. The quantitative estimate of drug-likeness (QED) is 0.648. The van der Waals surface area contributed by atoms with Crippen molar-refractivity contribution in [2.45, 2.75) is 58.6 Å². The minimum absolute atomic E-state index is 0.325. The molecule has 0 aliphatic carbocycles. The maximum Gasteiger partial charge on any atom is 0.0867 e. The van der Waals surface area contributed by atoms with Crippen LogP contribution in [0.1, 0.15) is 47.0 Å². The van der Waals surface area contributed by atoms with Crippen LogP contribution in [0.15, 0.2) is 0 Å². The molecule has 3 N–H and O–H groups in total. The van der Waals surface area contributed by atoms with Gasteiger partial charge < -0.3 is 10.8 Å². The molecule has 0 fully saturated rings. The molecule has 0 amide bonds. The van der Waals surface area contributed by atoms with Crippen molar-refractivity contribution < 1.29 is 5.11 Å². The lowest BCUT2D eigenvalue weighted by atomic mass is 10.0. The van der Waals surface area contributed by atoms with E-state index in [4.69, 9.17) is 5.73 Å². The summed E-state index contributed by atoms with van der Waals surface area (Å²) in [5, 5.41) is 9.97. The van der Waals surface area contributed by atoms with E-state index >= 15 is 0 Å². The molecular weight excluding hydrogens is 188 g/mol. The van der Waals surface area contributed by atoms with Gasteiger partial charge in [0.15, 0.2) is 0 Å². The zero-order valence-electron chi connectivity index (χ0n) is 10.8. The maximum atomic E-state index is 9.97. The van der Waals surface area contributed by atoms with Gasteiger partial charge in [-0.3, -0.25) is 4.90 Å². The van der Waals surface area contributed by atoms with E-state index in [0.717, 1.165) is 13.0 Å². The lowest BCUT2D eigenvalue weighted by Crippen LogP contribution is -2.49. The molecule has 0 rings (SSSR count). The van der Waals surface area contributed by atoms with E-state index in [1.807, 2.05) is 6.92 Å². The first-order valence-corrected chi connectivity index (χ1v) is 6.13. The zero-order chi connectivity index (χ0) is 11.9. The van der Waals surface area contributed by atoms with Crippen LogP contribution in [0.5, 0.6) is 0 Å². The van der Waals surface area contributed by atoms with Gasteiger partial charge in [0.1, 0.15) is 0 Å². The molecule has 0 aromatic carbocycles. The molecule has 2 unspecified atom stereocenters. The normalized spacial score (nSPS) is 17.8. The summed E-state index contributed by atoms with van der Waals surface area (Å²) < 4.78 is 0. The van der Waals surface area contributed by atoms with Gasteiger partial charge >= 0.3 is 0 Å². The van der Waals surface area contributed by atoms with Crippen LogP contribution in [0.3, 0.4) is 0 Å². The highest BCUT2D eigenvalue weighted by Gasteiger charge is 2.24. The second-order valence-electron chi connectivity index (χ2n) is 4.78. The smallest absolute Gasteiger partial charge is 0.0867 e. The third-order valence-electron chi connectivity index (χ3n) is 3.00. The van der Waals surface area contributed by atoms with Crippen LogP contribution in [-0.4, -0.2) is 41.3 Å². The SMILES string of the molecule is CCCCN(CC(C)(O)CN)C(C)CC. The van der Waals surface area contributed by atoms with Crippen molar-refractivity contribution in [1.29, 1.82) is 0 Å². The van der Waals surface area contributed by atoms with E-state index in [2.05, 4.69) is 25.7 Å².